The number of benzene rings is 2. The Hall–Kier alpha value is -1.70. The molecule has 0 heterocycles. The number of rotatable bonds is 2. The van der Waals surface area contributed by atoms with Gasteiger partial charge in [-0.15, -0.1) is 0 Å². The zero-order chi connectivity index (χ0) is 21.2. The molecular weight excluding hydrogens is 392 g/mol. The van der Waals surface area contributed by atoms with Gasteiger partial charge in [0.1, 0.15) is 11.5 Å². The number of hydrogen-bond acceptors (Lipinski definition) is 2. The molecule has 2 N–H and O–H groups in total. The van der Waals surface area contributed by atoms with Gasteiger partial charge in [-0.05, 0) is 170 Å². The third-order valence-electron chi connectivity index (χ3n) is 11.3. The molecule has 8 fully saturated rings. The second-order valence-corrected chi connectivity index (χ2v) is 13.5. The Bertz CT molecular complexity index is 968. The molecule has 8 aliphatic carbocycles. The first-order valence-electron chi connectivity index (χ1n) is 13.5. The van der Waals surface area contributed by atoms with Gasteiger partial charge in [0, 0.05) is 0 Å². The lowest BCUT2D eigenvalue weighted by Gasteiger charge is -2.58. The van der Waals surface area contributed by atoms with E-state index < -0.39 is 0 Å². The third kappa shape index (κ3) is 2.48. The van der Waals surface area contributed by atoms with Gasteiger partial charge in [0.25, 0.3) is 0 Å². The molecule has 0 atom stereocenters. The molecule has 168 valence electrons. The molecule has 0 amide bonds. The summed E-state index contributed by atoms with van der Waals surface area (Å²) < 4.78 is 0. The first-order chi connectivity index (χ1) is 15.5. The van der Waals surface area contributed by atoms with Crippen LogP contribution in [0.5, 0.6) is 11.5 Å². The Morgan fingerprint density at radius 1 is 0.469 bits per heavy atom. The van der Waals surface area contributed by atoms with Gasteiger partial charge in [0.2, 0.25) is 0 Å². The number of aromatic hydroxyl groups is 2. The molecule has 0 spiro atoms. The number of fused-ring (bicyclic) bond motifs is 1. The van der Waals surface area contributed by atoms with E-state index in [-0.39, 0.29) is 10.8 Å². The van der Waals surface area contributed by atoms with Gasteiger partial charge in [0.15, 0.2) is 0 Å². The van der Waals surface area contributed by atoms with E-state index in [0.29, 0.717) is 11.5 Å². The second-order valence-electron chi connectivity index (χ2n) is 13.5. The van der Waals surface area contributed by atoms with E-state index in [2.05, 4.69) is 12.1 Å². The fraction of sp³-hybridized carbons (Fsp3) is 0.667. The van der Waals surface area contributed by atoms with E-state index in [1.54, 1.807) is 0 Å². The van der Waals surface area contributed by atoms with Crippen molar-refractivity contribution < 1.29 is 10.2 Å². The van der Waals surface area contributed by atoms with E-state index in [9.17, 15) is 10.2 Å². The quantitative estimate of drug-likeness (QED) is 0.531. The van der Waals surface area contributed by atoms with Crippen molar-refractivity contribution in [3.63, 3.8) is 0 Å². The Morgan fingerprint density at radius 3 is 1.03 bits per heavy atom. The molecule has 8 bridgehead atoms. The molecule has 0 saturated heterocycles. The Labute approximate surface area is 191 Å². The molecule has 10 rings (SSSR count). The van der Waals surface area contributed by atoms with Crippen LogP contribution in [0.25, 0.3) is 10.8 Å². The van der Waals surface area contributed by atoms with Gasteiger partial charge in [-0.25, -0.2) is 0 Å². The van der Waals surface area contributed by atoms with Crippen LogP contribution in [-0.4, -0.2) is 10.2 Å². The normalized spacial score (nSPS) is 45.8. The van der Waals surface area contributed by atoms with Gasteiger partial charge in [0.05, 0.1) is 0 Å². The zero-order valence-electron chi connectivity index (χ0n) is 19.2. The predicted octanol–water partition coefficient (Wildman–Crippen LogP) is 7.19. The maximum atomic E-state index is 11.0. The van der Waals surface area contributed by atoms with Crippen molar-refractivity contribution in [2.24, 2.45) is 35.5 Å². The van der Waals surface area contributed by atoms with Gasteiger partial charge in [-0.1, -0.05) is 0 Å². The van der Waals surface area contributed by atoms with Crippen LogP contribution in [0.2, 0.25) is 0 Å². The monoisotopic (exact) mass is 428 g/mol. The Kier molecular flexibility index (Phi) is 3.53. The molecule has 32 heavy (non-hydrogen) atoms. The highest BCUT2D eigenvalue weighted by atomic mass is 16.3. The summed E-state index contributed by atoms with van der Waals surface area (Å²) in [4.78, 5) is 0. The molecule has 0 aromatic heterocycles. The summed E-state index contributed by atoms with van der Waals surface area (Å²) >= 11 is 0. The lowest BCUT2D eigenvalue weighted by Crippen LogP contribution is -2.49. The zero-order valence-corrected chi connectivity index (χ0v) is 19.2. The SMILES string of the molecule is Oc1cc(C23CC4CC(CC(C4)C2)C3)c2cc(O)cc(C34CC5CC(CC(C5)C3)C4)c2c1. The number of hydrogen-bond donors (Lipinski definition) is 2. The van der Waals surface area contributed by atoms with Crippen molar-refractivity contribution in [3.8, 4) is 11.5 Å². The van der Waals surface area contributed by atoms with Gasteiger partial charge < -0.3 is 10.2 Å². The fourth-order valence-corrected chi connectivity index (χ4v) is 11.2. The highest BCUT2D eigenvalue weighted by Crippen LogP contribution is 2.64. The van der Waals surface area contributed by atoms with Crippen LogP contribution in [0.3, 0.4) is 0 Å². The summed E-state index contributed by atoms with van der Waals surface area (Å²) in [5, 5.41) is 24.6. The van der Waals surface area contributed by atoms with E-state index in [1.165, 1.54) is 98.9 Å². The molecule has 8 aliphatic rings. The van der Waals surface area contributed by atoms with Crippen LogP contribution >= 0.6 is 0 Å². The number of phenols is 2. The lowest BCUT2D eigenvalue weighted by molar-refractivity contribution is -0.00530. The average molecular weight is 429 g/mol. The van der Waals surface area contributed by atoms with Crippen LogP contribution in [0.4, 0.5) is 0 Å². The average Bonchev–Trinajstić information content (AvgIpc) is 2.71. The predicted molar refractivity (Wildman–Crippen MR) is 127 cm³/mol. The van der Waals surface area contributed by atoms with Gasteiger partial charge in [-0.3, -0.25) is 0 Å². The highest BCUT2D eigenvalue weighted by molar-refractivity contribution is 5.93. The topological polar surface area (TPSA) is 40.5 Å². The van der Waals surface area contributed by atoms with Crippen LogP contribution < -0.4 is 0 Å². The summed E-state index contributed by atoms with van der Waals surface area (Å²) in [6.45, 7) is 0. The minimum Gasteiger partial charge on any atom is -0.508 e. The Morgan fingerprint density at radius 2 is 0.750 bits per heavy atom. The van der Waals surface area contributed by atoms with Crippen LogP contribution in [-0.2, 0) is 10.8 Å². The standard InChI is InChI=1S/C30H36O2/c31-23-8-26-25(27(9-23)29-11-17-1-18(12-29)3-19(2-17)13-29)7-24(32)10-28(26)30-14-20-4-21(15-30)6-22(5-20)16-30/h7-10,17-22,31-32H,1-6,11-16H2. The van der Waals surface area contributed by atoms with E-state index >= 15 is 0 Å². The smallest absolute Gasteiger partial charge is 0.116 e. The van der Waals surface area contributed by atoms with Crippen LogP contribution in [0.15, 0.2) is 24.3 Å². The summed E-state index contributed by atoms with van der Waals surface area (Å²) in [6, 6.07) is 8.29. The molecule has 2 nitrogen and oxygen atoms in total. The molecule has 8 saturated carbocycles. The maximum Gasteiger partial charge on any atom is 0.116 e. The molecule has 0 aliphatic heterocycles. The van der Waals surface area contributed by atoms with Gasteiger partial charge in [-0.2, -0.15) is 0 Å². The van der Waals surface area contributed by atoms with E-state index in [4.69, 9.17) is 0 Å². The van der Waals surface area contributed by atoms with Crippen molar-refractivity contribution in [1.29, 1.82) is 0 Å². The van der Waals surface area contributed by atoms with E-state index in [0.717, 1.165) is 35.5 Å². The van der Waals surface area contributed by atoms with Crippen LogP contribution in [0, 0.1) is 35.5 Å². The van der Waals surface area contributed by atoms with Crippen molar-refractivity contribution in [2.45, 2.75) is 87.9 Å². The van der Waals surface area contributed by atoms with E-state index in [1.807, 2.05) is 12.1 Å². The van der Waals surface area contributed by atoms with Crippen molar-refractivity contribution in [1.82, 2.24) is 0 Å². The Balaban J connectivity index is 1.34. The molecule has 0 unspecified atom stereocenters. The van der Waals surface area contributed by atoms with Crippen molar-refractivity contribution in [3.05, 3.63) is 35.4 Å². The second kappa shape index (κ2) is 6.05. The van der Waals surface area contributed by atoms with Crippen LogP contribution in [0.1, 0.15) is 88.2 Å². The minimum absolute atomic E-state index is 0.221. The van der Waals surface area contributed by atoms with Gasteiger partial charge >= 0.3 is 0 Å². The number of phenolic OH excluding ortho intramolecular Hbond substituents is 2. The molecule has 2 aromatic rings. The summed E-state index contributed by atoms with van der Waals surface area (Å²) in [5.74, 6) is 6.13. The molecule has 2 aromatic carbocycles. The minimum atomic E-state index is 0.221. The molecule has 0 radical (unpaired) electrons. The van der Waals surface area contributed by atoms with Crippen molar-refractivity contribution in [2.75, 3.05) is 0 Å². The summed E-state index contributed by atoms with van der Waals surface area (Å²) in [6.07, 6.45) is 16.3. The first kappa shape index (κ1) is 18.7. The highest BCUT2D eigenvalue weighted by Gasteiger charge is 2.54. The summed E-state index contributed by atoms with van der Waals surface area (Å²) in [5.41, 5.74) is 3.18. The first-order valence-corrected chi connectivity index (χ1v) is 13.5. The largest absolute Gasteiger partial charge is 0.508 e. The fourth-order valence-electron chi connectivity index (χ4n) is 11.2. The summed E-state index contributed by atoms with van der Waals surface area (Å²) in [7, 11) is 0. The molecule has 2 heteroatoms. The molecular formula is C30H36O2. The third-order valence-corrected chi connectivity index (χ3v) is 11.3. The van der Waals surface area contributed by atoms with Crippen molar-refractivity contribution >= 4 is 10.8 Å². The maximum absolute atomic E-state index is 11.0. The lowest BCUT2D eigenvalue weighted by atomic mass is 9.47.